The van der Waals surface area contributed by atoms with E-state index in [1.54, 1.807) is 9.42 Å². The van der Waals surface area contributed by atoms with Gasteiger partial charge in [0.1, 0.15) is 0 Å². The molecule has 0 saturated carbocycles. The second-order valence-electron chi connectivity index (χ2n) is 7.18. The number of nitrogens with zero attached hydrogens (tertiary/aromatic N) is 5. The first-order valence-corrected chi connectivity index (χ1v) is 10.4. The van der Waals surface area contributed by atoms with E-state index in [2.05, 4.69) is 20.4 Å². The topological polar surface area (TPSA) is 92.5 Å². The molecule has 1 aliphatic heterocycles. The molecule has 8 nitrogen and oxygen atoms in total. The summed E-state index contributed by atoms with van der Waals surface area (Å²) in [6, 6.07) is 7.12. The number of para-hydroxylation sites is 2. The van der Waals surface area contributed by atoms with Crippen molar-refractivity contribution in [2.75, 3.05) is 16.0 Å². The van der Waals surface area contributed by atoms with Crippen LogP contribution in [0.2, 0.25) is 0 Å². The highest BCUT2D eigenvalue weighted by molar-refractivity contribution is 7.99. The van der Waals surface area contributed by atoms with E-state index in [0.29, 0.717) is 22.3 Å². The predicted octanol–water partition coefficient (Wildman–Crippen LogP) is 2.91. The summed E-state index contributed by atoms with van der Waals surface area (Å²) >= 11 is 1.27. The minimum atomic E-state index is -0.241. The molecule has 150 valence electrons. The number of carbonyl (C=O) groups is 2. The lowest BCUT2D eigenvalue weighted by atomic mass is 10.2. The van der Waals surface area contributed by atoms with Crippen LogP contribution in [0.4, 0.5) is 11.4 Å². The highest BCUT2D eigenvalue weighted by Gasteiger charge is 2.29. The highest BCUT2D eigenvalue weighted by Crippen LogP contribution is 2.32. The van der Waals surface area contributed by atoms with E-state index in [-0.39, 0.29) is 30.0 Å². The second kappa shape index (κ2) is 7.47. The number of thioether (sulfide) groups is 1. The molecule has 4 rings (SSSR count). The molecule has 0 aliphatic carbocycles. The Morgan fingerprint density at radius 1 is 1.24 bits per heavy atom. The molecule has 0 spiro atoms. The van der Waals surface area contributed by atoms with Crippen LogP contribution < -0.4 is 10.2 Å². The molecule has 0 radical (unpaired) electrons. The quantitative estimate of drug-likeness (QED) is 0.668. The van der Waals surface area contributed by atoms with Gasteiger partial charge in [0.05, 0.1) is 17.1 Å². The minimum absolute atomic E-state index is 0.0950. The van der Waals surface area contributed by atoms with Gasteiger partial charge in [-0.2, -0.15) is 4.98 Å². The first-order chi connectivity index (χ1) is 13.8. The third kappa shape index (κ3) is 3.57. The Labute approximate surface area is 172 Å². The molecule has 0 unspecified atom stereocenters. The van der Waals surface area contributed by atoms with Gasteiger partial charge in [-0.3, -0.25) is 9.59 Å². The number of benzene rings is 1. The summed E-state index contributed by atoms with van der Waals surface area (Å²) in [5.41, 5.74) is 4.34. The molecule has 1 atom stereocenters. The largest absolute Gasteiger partial charge is 0.324 e. The fraction of sp³-hybridized carbons (Fsp3) is 0.350. The number of rotatable bonds is 3. The number of hydrogen-bond donors (Lipinski definition) is 1. The Hall–Kier alpha value is -2.94. The summed E-state index contributed by atoms with van der Waals surface area (Å²) in [5.74, 6) is 0.509. The van der Waals surface area contributed by atoms with Crippen LogP contribution in [-0.4, -0.2) is 43.2 Å². The molecule has 1 N–H and O–H groups in total. The lowest BCUT2D eigenvalue weighted by Gasteiger charge is -2.27. The van der Waals surface area contributed by atoms with Gasteiger partial charge in [0.25, 0.3) is 5.78 Å². The minimum Gasteiger partial charge on any atom is -0.324 e. The predicted molar refractivity (Wildman–Crippen MR) is 112 cm³/mol. The lowest BCUT2D eigenvalue weighted by Crippen LogP contribution is -2.40. The zero-order valence-electron chi connectivity index (χ0n) is 16.8. The van der Waals surface area contributed by atoms with Gasteiger partial charge in [-0.1, -0.05) is 23.9 Å². The van der Waals surface area contributed by atoms with Gasteiger partial charge in [-0.25, -0.2) is 9.50 Å². The van der Waals surface area contributed by atoms with Gasteiger partial charge in [0.15, 0.2) is 0 Å². The van der Waals surface area contributed by atoms with Crippen LogP contribution in [0.5, 0.6) is 0 Å². The van der Waals surface area contributed by atoms with Crippen molar-refractivity contribution < 1.29 is 9.59 Å². The van der Waals surface area contributed by atoms with Crippen LogP contribution in [0.3, 0.4) is 0 Å². The van der Waals surface area contributed by atoms with E-state index in [9.17, 15) is 9.59 Å². The van der Waals surface area contributed by atoms with Crippen molar-refractivity contribution in [3.05, 3.63) is 41.2 Å². The maximum atomic E-state index is 13.1. The number of amides is 2. The number of aromatic nitrogens is 4. The molecule has 1 aromatic carbocycles. The molecule has 0 bridgehead atoms. The third-order valence-electron chi connectivity index (χ3n) is 5.19. The van der Waals surface area contributed by atoms with E-state index in [1.807, 2.05) is 52.0 Å². The van der Waals surface area contributed by atoms with Crippen molar-refractivity contribution in [3.63, 3.8) is 0 Å². The molecule has 3 aromatic rings. The Bertz CT molecular complexity index is 1130. The summed E-state index contributed by atoms with van der Waals surface area (Å²) in [6.45, 7) is 7.81. The number of hydrogen-bond acceptors (Lipinski definition) is 6. The van der Waals surface area contributed by atoms with Gasteiger partial charge >= 0.3 is 0 Å². The summed E-state index contributed by atoms with van der Waals surface area (Å²) < 4.78 is 1.71. The van der Waals surface area contributed by atoms with E-state index < -0.39 is 0 Å². The van der Waals surface area contributed by atoms with E-state index in [4.69, 9.17) is 0 Å². The normalized spacial score (nSPS) is 16.5. The number of carbonyl (C=O) groups excluding carboxylic acids is 2. The van der Waals surface area contributed by atoms with Crippen LogP contribution in [0, 0.1) is 20.8 Å². The van der Waals surface area contributed by atoms with Crippen molar-refractivity contribution in [2.45, 2.75) is 45.3 Å². The summed E-state index contributed by atoms with van der Waals surface area (Å²) in [6.07, 6.45) is 0.249. The Balaban J connectivity index is 1.57. The van der Waals surface area contributed by atoms with E-state index in [0.717, 1.165) is 17.0 Å². The fourth-order valence-electron chi connectivity index (χ4n) is 3.46. The molecular weight excluding hydrogens is 388 g/mol. The molecule has 3 heterocycles. The van der Waals surface area contributed by atoms with Crippen LogP contribution in [0.1, 0.15) is 30.3 Å². The smallest absolute Gasteiger partial charge is 0.253 e. The van der Waals surface area contributed by atoms with Gasteiger partial charge in [0.2, 0.25) is 17.0 Å². The molecule has 2 amide bonds. The first kappa shape index (κ1) is 19.4. The summed E-state index contributed by atoms with van der Waals surface area (Å²) in [4.78, 5) is 35.8. The Kier molecular flexibility index (Phi) is 4.99. The fourth-order valence-corrected chi connectivity index (χ4v) is 4.14. The third-order valence-corrected chi connectivity index (χ3v) is 6.02. The van der Waals surface area contributed by atoms with Crippen molar-refractivity contribution in [3.8, 4) is 0 Å². The number of fused-ring (bicyclic) bond motifs is 2. The standard InChI is InChI=1S/C20H22N6O2S/c1-11-9-17(27)22-15-7-5-6-8-16(15)25(11)18(28)10-29-20-23-19-21-13(3)12(2)14(4)26(19)24-20/h5-8,11H,9-10H2,1-4H3,(H,22,27)/t11-/m1/s1. The molecule has 1 aliphatic rings. The SMILES string of the molecule is Cc1nc2nc(SCC(=O)N3c4ccccc4NC(=O)C[C@H]3C)nn2c(C)c1C. The van der Waals surface area contributed by atoms with Crippen LogP contribution in [-0.2, 0) is 9.59 Å². The molecular formula is C20H22N6O2S. The molecule has 9 heteroatoms. The van der Waals surface area contributed by atoms with Crippen molar-refractivity contribution in [2.24, 2.45) is 0 Å². The molecule has 2 aromatic heterocycles. The average Bonchev–Trinajstić information content (AvgIpc) is 3.03. The van der Waals surface area contributed by atoms with Crippen molar-refractivity contribution >= 4 is 40.7 Å². The van der Waals surface area contributed by atoms with Crippen LogP contribution in [0.25, 0.3) is 5.78 Å². The average molecular weight is 411 g/mol. The first-order valence-electron chi connectivity index (χ1n) is 9.39. The van der Waals surface area contributed by atoms with Crippen LogP contribution >= 0.6 is 11.8 Å². The zero-order valence-corrected chi connectivity index (χ0v) is 17.6. The lowest BCUT2D eigenvalue weighted by molar-refractivity contribution is -0.117. The maximum absolute atomic E-state index is 13.1. The van der Waals surface area contributed by atoms with Gasteiger partial charge in [0, 0.05) is 23.9 Å². The second-order valence-corrected chi connectivity index (χ2v) is 8.13. The Morgan fingerprint density at radius 3 is 2.79 bits per heavy atom. The number of nitrogens with one attached hydrogen (secondary N) is 1. The molecule has 0 fully saturated rings. The van der Waals surface area contributed by atoms with Crippen LogP contribution in [0.15, 0.2) is 29.4 Å². The monoisotopic (exact) mass is 410 g/mol. The van der Waals surface area contributed by atoms with E-state index >= 15 is 0 Å². The van der Waals surface area contributed by atoms with Crippen molar-refractivity contribution in [1.29, 1.82) is 0 Å². The maximum Gasteiger partial charge on any atom is 0.253 e. The van der Waals surface area contributed by atoms with Crippen molar-refractivity contribution in [1.82, 2.24) is 19.6 Å². The Morgan fingerprint density at radius 2 is 2.00 bits per heavy atom. The molecule has 0 saturated heterocycles. The van der Waals surface area contributed by atoms with E-state index in [1.165, 1.54) is 11.8 Å². The highest BCUT2D eigenvalue weighted by atomic mass is 32.2. The number of anilines is 2. The van der Waals surface area contributed by atoms with Gasteiger partial charge < -0.3 is 10.2 Å². The molecule has 29 heavy (non-hydrogen) atoms. The van der Waals surface area contributed by atoms with Gasteiger partial charge in [-0.05, 0) is 45.4 Å². The summed E-state index contributed by atoms with van der Waals surface area (Å²) in [5, 5.41) is 7.87. The summed E-state index contributed by atoms with van der Waals surface area (Å²) in [7, 11) is 0. The van der Waals surface area contributed by atoms with Gasteiger partial charge in [-0.15, -0.1) is 5.10 Å². The number of aryl methyl sites for hydroxylation is 2. The zero-order chi connectivity index (χ0) is 20.7.